The molecule has 0 aromatic heterocycles. The van der Waals surface area contributed by atoms with Crippen molar-refractivity contribution in [2.75, 3.05) is 27.3 Å². The number of rotatable bonds is 6. The zero-order valence-corrected chi connectivity index (χ0v) is 12.9. The van der Waals surface area contributed by atoms with Gasteiger partial charge in [-0.05, 0) is 36.6 Å². The fourth-order valence-corrected chi connectivity index (χ4v) is 2.67. The molecule has 1 unspecified atom stereocenters. The van der Waals surface area contributed by atoms with Gasteiger partial charge in [-0.1, -0.05) is 0 Å². The van der Waals surface area contributed by atoms with E-state index in [0.717, 1.165) is 17.1 Å². The van der Waals surface area contributed by atoms with Gasteiger partial charge in [-0.3, -0.25) is 9.59 Å². The van der Waals surface area contributed by atoms with Gasteiger partial charge in [0.05, 0.1) is 20.1 Å². The second kappa shape index (κ2) is 7.15. The molecule has 1 atom stereocenters. The fourth-order valence-electron chi connectivity index (χ4n) is 2.67. The predicted molar refractivity (Wildman–Crippen MR) is 80.2 cm³/mol. The Bertz CT molecular complexity index is 557. The van der Waals surface area contributed by atoms with E-state index in [1.165, 1.54) is 0 Å². The summed E-state index contributed by atoms with van der Waals surface area (Å²) in [5.41, 5.74) is 0.907. The SMILES string of the molecule is COc1ccc(OC)c(CCC(=O)N2CCC(C(=O)O)C2)c1. The van der Waals surface area contributed by atoms with Gasteiger partial charge >= 0.3 is 5.97 Å². The van der Waals surface area contributed by atoms with E-state index in [4.69, 9.17) is 14.6 Å². The van der Waals surface area contributed by atoms with Crippen molar-refractivity contribution in [3.05, 3.63) is 23.8 Å². The average Bonchev–Trinajstić information content (AvgIpc) is 3.02. The number of ether oxygens (including phenoxy) is 2. The van der Waals surface area contributed by atoms with Crippen molar-refractivity contribution in [2.45, 2.75) is 19.3 Å². The standard InChI is InChI=1S/C16H21NO5/c1-21-13-4-5-14(22-2)11(9-13)3-6-15(18)17-8-7-12(10-17)16(19)20/h4-5,9,12H,3,6-8,10H2,1-2H3,(H,19,20). The monoisotopic (exact) mass is 307 g/mol. The number of benzene rings is 1. The maximum Gasteiger partial charge on any atom is 0.308 e. The number of carbonyl (C=O) groups is 2. The first-order valence-electron chi connectivity index (χ1n) is 7.26. The molecule has 0 spiro atoms. The van der Waals surface area contributed by atoms with Crippen LogP contribution in [0.1, 0.15) is 18.4 Å². The number of methoxy groups -OCH3 is 2. The van der Waals surface area contributed by atoms with E-state index >= 15 is 0 Å². The number of aryl methyl sites for hydroxylation is 1. The lowest BCUT2D eigenvalue weighted by Gasteiger charge is -2.16. The van der Waals surface area contributed by atoms with Crippen LogP contribution >= 0.6 is 0 Å². The number of carboxylic acids is 1. The van der Waals surface area contributed by atoms with Gasteiger partial charge in [-0.25, -0.2) is 0 Å². The van der Waals surface area contributed by atoms with E-state index < -0.39 is 11.9 Å². The van der Waals surface area contributed by atoms with Gasteiger partial charge in [0.25, 0.3) is 0 Å². The van der Waals surface area contributed by atoms with Crippen LogP contribution in [0.25, 0.3) is 0 Å². The summed E-state index contributed by atoms with van der Waals surface area (Å²) in [6, 6.07) is 5.48. The Morgan fingerprint density at radius 2 is 2.09 bits per heavy atom. The number of aliphatic carboxylic acids is 1. The van der Waals surface area contributed by atoms with Gasteiger partial charge in [-0.15, -0.1) is 0 Å². The normalized spacial score (nSPS) is 17.4. The van der Waals surface area contributed by atoms with Crippen molar-refractivity contribution in [1.29, 1.82) is 0 Å². The molecule has 6 nitrogen and oxygen atoms in total. The van der Waals surface area contributed by atoms with Crippen molar-refractivity contribution in [1.82, 2.24) is 4.90 Å². The minimum Gasteiger partial charge on any atom is -0.497 e. The van der Waals surface area contributed by atoms with E-state index in [1.807, 2.05) is 18.2 Å². The highest BCUT2D eigenvalue weighted by atomic mass is 16.5. The Morgan fingerprint density at radius 1 is 1.32 bits per heavy atom. The summed E-state index contributed by atoms with van der Waals surface area (Å²) in [5.74, 6) is 0.155. The van der Waals surface area contributed by atoms with Crippen LogP contribution in [0.15, 0.2) is 18.2 Å². The van der Waals surface area contributed by atoms with Gasteiger partial charge in [0.15, 0.2) is 0 Å². The maximum absolute atomic E-state index is 12.2. The molecule has 1 heterocycles. The topological polar surface area (TPSA) is 76.1 Å². The van der Waals surface area contributed by atoms with E-state index in [2.05, 4.69) is 0 Å². The predicted octanol–water partition coefficient (Wildman–Crippen LogP) is 1.57. The highest BCUT2D eigenvalue weighted by Gasteiger charge is 2.30. The molecule has 0 aliphatic carbocycles. The number of hydrogen-bond donors (Lipinski definition) is 1. The number of carbonyl (C=O) groups excluding carboxylic acids is 1. The molecule has 120 valence electrons. The first-order valence-corrected chi connectivity index (χ1v) is 7.26. The molecule has 6 heteroatoms. The largest absolute Gasteiger partial charge is 0.497 e. The van der Waals surface area contributed by atoms with Crippen LogP contribution in [-0.4, -0.2) is 49.2 Å². The fraction of sp³-hybridized carbons (Fsp3) is 0.500. The highest BCUT2D eigenvalue weighted by molar-refractivity contribution is 5.79. The Morgan fingerprint density at radius 3 is 2.68 bits per heavy atom. The molecule has 1 amide bonds. The molecule has 0 radical (unpaired) electrons. The van der Waals surface area contributed by atoms with Crippen molar-refractivity contribution in [3.8, 4) is 11.5 Å². The van der Waals surface area contributed by atoms with Crippen molar-refractivity contribution < 1.29 is 24.2 Å². The van der Waals surface area contributed by atoms with Gasteiger partial charge in [0.2, 0.25) is 5.91 Å². The summed E-state index contributed by atoms with van der Waals surface area (Å²) in [4.78, 5) is 24.8. The van der Waals surface area contributed by atoms with Gasteiger partial charge < -0.3 is 19.5 Å². The molecular weight excluding hydrogens is 286 g/mol. The summed E-state index contributed by atoms with van der Waals surface area (Å²) in [6.45, 7) is 0.828. The molecule has 1 aliphatic rings. The third kappa shape index (κ3) is 3.69. The van der Waals surface area contributed by atoms with Crippen LogP contribution in [0.3, 0.4) is 0 Å². The van der Waals surface area contributed by atoms with Gasteiger partial charge in [0.1, 0.15) is 11.5 Å². The van der Waals surface area contributed by atoms with Crippen LogP contribution < -0.4 is 9.47 Å². The zero-order chi connectivity index (χ0) is 16.1. The molecule has 1 aromatic carbocycles. The summed E-state index contributed by atoms with van der Waals surface area (Å²) in [7, 11) is 3.18. The lowest BCUT2D eigenvalue weighted by molar-refractivity contribution is -0.141. The Hall–Kier alpha value is -2.24. The van der Waals surface area contributed by atoms with Gasteiger partial charge in [0, 0.05) is 19.5 Å². The molecule has 1 fully saturated rings. The summed E-state index contributed by atoms with van der Waals surface area (Å²) >= 11 is 0. The van der Waals surface area contributed by atoms with Crippen LogP contribution in [0.5, 0.6) is 11.5 Å². The van der Waals surface area contributed by atoms with Crippen LogP contribution in [0, 0.1) is 5.92 Å². The second-order valence-electron chi connectivity index (χ2n) is 5.34. The van der Waals surface area contributed by atoms with Crippen LogP contribution in [0.2, 0.25) is 0 Å². The summed E-state index contributed by atoms with van der Waals surface area (Å²) in [5, 5.41) is 8.98. The molecule has 1 aliphatic heterocycles. The number of nitrogens with zero attached hydrogens (tertiary/aromatic N) is 1. The molecule has 22 heavy (non-hydrogen) atoms. The van der Waals surface area contributed by atoms with E-state index in [0.29, 0.717) is 32.4 Å². The van der Waals surface area contributed by atoms with Crippen molar-refractivity contribution in [3.63, 3.8) is 0 Å². The number of amides is 1. The number of carboxylic acid groups (broad SMARTS) is 1. The third-order valence-electron chi connectivity index (χ3n) is 3.99. The molecule has 0 saturated carbocycles. The molecule has 1 N–H and O–H groups in total. The van der Waals surface area contributed by atoms with Crippen molar-refractivity contribution in [2.24, 2.45) is 5.92 Å². The Labute approximate surface area is 129 Å². The molecule has 2 rings (SSSR count). The first-order chi connectivity index (χ1) is 10.5. The smallest absolute Gasteiger partial charge is 0.308 e. The lowest BCUT2D eigenvalue weighted by Crippen LogP contribution is -2.30. The lowest BCUT2D eigenvalue weighted by atomic mass is 10.1. The zero-order valence-electron chi connectivity index (χ0n) is 12.9. The first kappa shape index (κ1) is 16.1. The minimum atomic E-state index is -0.829. The quantitative estimate of drug-likeness (QED) is 0.863. The van der Waals surface area contributed by atoms with E-state index in [1.54, 1.807) is 19.1 Å². The Balaban J connectivity index is 1.95. The second-order valence-corrected chi connectivity index (χ2v) is 5.34. The molecule has 0 bridgehead atoms. The van der Waals surface area contributed by atoms with E-state index in [9.17, 15) is 9.59 Å². The summed E-state index contributed by atoms with van der Waals surface area (Å²) in [6.07, 6.45) is 1.40. The molecular formula is C16H21NO5. The van der Waals surface area contributed by atoms with Crippen molar-refractivity contribution >= 4 is 11.9 Å². The number of likely N-dealkylation sites (tertiary alicyclic amines) is 1. The average molecular weight is 307 g/mol. The van der Waals surface area contributed by atoms with E-state index in [-0.39, 0.29) is 5.91 Å². The highest BCUT2D eigenvalue weighted by Crippen LogP contribution is 2.26. The molecule has 1 aromatic rings. The summed E-state index contributed by atoms with van der Waals surface area (Å²) < 4.78 is 10.5. The van der Waals surface area contributed by atoms with Gasteiger partial charge in [-0.2, -0.15) is 0 Å². The minimum absolute atomic E-state index is 0.0198. The van der Waals surface area contributed by atoms with Crippen LogP contribution in [-0.2, 0) is 16.0 Å². The Kier molecular flexibility index (Phi) is 5.25. The van der Waals surface area contributed by atoms with Crippen LogP contribution in [0.4, 0.5) is 0 Å². The maximum atomic E-state index is 12.2. The third-order valence-corrected chi connectivity index (χ3v) is 3.99. The number of hydrogen-bond acceptors (Lipinski definition) is 4. The molecule has 1 saturated heterocycles.